The first-order valence-electron chi connectivity index (χ1n) is 5.95. The van der Waals surface area contributed by atoms with E-state index in [-0.39, 0.29) is 11.3 Å². The number of aromatic carboxylic acids is 1. The molecule has 0 aromatic heterocycles. The first kappa shape index (κ1) is 13.2. The highest BCUT2D eigenvalue weighted by molar-refractivity contribution is 6.05. The number of phenols is 2. The number of aromatic hydroxyl groups is 2. The van der Waals surface area contributed by atoms with E-state index in [1.807, 2.05) is 20.8 Å². The van der Waals surface area contributed by atoms with E-state index in [0.717, 1.165) is 0 Å². The molecule has 0 fully saturated rings. The first-order valence-corrected chi connectivity index (χ1v) is 5.95. The third kappa shape index (κ3) is 1.99. The SMILES string of the molecule is CC(C)(C)c1c(C(=O)O)c(O)c(O)c2ccccc12. The minimum Gasteiger partial charge on any atom is -0.504 e. The molecule has 0 aliphatic heterocycles. The molecule has 2 aromatic rings. The number of carboxylic acid groups (broad SMARTS) is 1. The molecule has 0 radical (unpaired) electrons. The number of phenolic OH excluding ortho intramolecular Hbond substituents is 1. The van der Waals surface area contributed by atoms with E-state index < -0.39 is 17.1 Å². The van der Waals surface area contributed by atoms with Crippen LogP contribution in [0.2, 0.25) is 0 Å². The van der Waals surface area contributed by atoms with Crippen LogP contribution in [0.25, 0.3) is 10.8 Å². The van der Waals surface area contributed by atoms with E-state index >= 15 is 0 Å². The zero-order chi connectivity index (χ0) is 14.4. The first-order chi connectivity index (χ1) is 8.75. The molecule has 0 saturated carbocycles. The molecule has 0 bridgehead atoms. The number of hydrogen-bond acceptors (Lipinski definition) is 3. The maximum atomic E-state index is 11.4. The van der Waals surface area contributed by atoms with Gasteiger partial charge in [-0.15, -0.1) is 0 Å². The lowest BCUT2D eigenvalue weighted by atomic mass is 9.80. The Balaban J connectivity index is 3.08. The Hall–Kier alpha value is -2.23. The summed E-state index contributed by atoms with van der Waals surface area (Å²) in [7, 11) is 0. The Bertz CT molecular complexity index is 666. The van der Waals surface area contributed by atoms with Gasteiger partial charge in [0.05, 0.1) is 0 Å². The summed E-state index contributed by atoms with van der Waals surface area (Å²) >= 11 is 0. The Labute approximate surface area is 110 Å². The highest BCUT2D eigenvalue weighted by Crippen LogP contribution is 2.44. The van der Waals surface area contributed by atoms with Gasteiger partial charge in [0, 0.05) is 5.39 Å². The van der Waals surface area contributed by atoms with Crippen molar-refractivity contribution in [2.24, 2.45) is 0 Å². The van der Waals surface area contributed by atoms with Gasteiger partial charge in [0.1, 0.15) is 5.56 Å². The van der Waals surface area contributed by atoms with Gasteiger partial charge in [-0.3, -0.25) is 0 Å². The lowest BCUT2D eigenvalue weighted by Gasteiger charge is -2.25. The van der Waals surface area contributed by atoms with Crippen molar-refractivity contribution in [3.05, 3.63) is 35.4 Å². The van der Waals surface area contributed by atoms with E-state index in [1.165, 1.54) is 0 Å². The van der Waals surface area contributed by atoms with Crippen molar-refractivity contribution >= 4 is 16.7 Å². The molecule has 0 aliphatic rings. The highest BCUT2D eigenvalue weighted by atomic mass is 16.4. The number of fused-ring (bicyclic) bond motifs is 1. The van der Waals surface area contributed by atoms with E-state index in [4.69, 9.17) is 0 Å². The zero-order valence-electron chi connectivity index (χ0n) is 11.1. The third-order valence-electron chi connectivity index (χ3n) is 3.13. The number of carboxylic acids is 1. The summed E-state index contributed by atoms with van der Waals surface area (Å²) < 4.78 is 0. The van der Waals surface area contributed by atoms with Crippen molar-refractivity contribution in [1.29, 1.82) is 0 Å². The molecule has 100 valence electrons. The average Bonchev–Trinajstić information content (AvgIpc) is 2.31. The van der Waals surface area contributed by atoms with Crippen molar-refractivity contribution in [3.8, 4) is 11.5 Å². The highest BCUT2D eigenvalue weighted by Gasteiger charge is 2.29. The maximum Gasteiger partial charge on any atom is 0.339 e. The minimum atomic E-state index is -1.25. The van der Waals surface area contributed by atoms with Crippen LogP contribution in [-0.4, -0.2) is 21.3 Å². The molecule has 4 heteroatoms. The van der Waals surface area contributed by atoms with E-state index in [2.05, 4.69) is 0 Å². The molecule has 0 saturated heterocycles. The van der Waals surface area contributed by atoms with Crippen LogP contribution in [0, 0.1) is 0 Å². The van der Waals surface area contributed by atoms with Crippen molar-refractivity contribution in [3.63, 3.8) is 0 Å². The summed E-state index contributed by atoms with van der Waals surface area (Å²) in [5.74, 6) is -2.21. The summed E-state index contributed by atoms with van der Waals surface area (Å²) in [4.78, 5) is 11.4. The standard InChI is InChI=1S/C15H16O4/c1-15(2,3)11-8-6-4-5-7-9(8)12(16)13(17)10(11)14(18)19/h4-7,16-17H,1-3H3,(H,18,19). The molecule has 4 nitrogen and oxygen atoms in total. The van der Waals surface area contributed by atoms with Crippen molar-refractivity contribution in [2.45, 2.75) is 26.2 Å². The number of rotatable bonds is 1. The minimum absolute atomic E-state index is 0.233. The van der Waals surface area contributed by atoms with E-state index in [9.17, 15) is 20.1 Å². The molecular weight excluding hydrogens is 244 g/mol. The smallest absolute Gasteiger partial charge is 0.339 e. The molecule has 0 heterocycles. The normalized spacial score (nSPS) is 11.7. The number of carbonyl (C=O) groups is 1. The van der Waals surface area contributed by atoms with Gasteiger partial charge < -0.3 is 15.3 Å². The van der Waals surface area contributed by atoms with Crippen molar-refractivity contribution < 1.29 is 20.1 Å². The van der Waals surface area contributed by atoms with Crippen molar-refractivity contribution in [2.75, 3.05) is 0 Å². The van der Waals surface area contributed by atoms with Gasteiger partial charge >= 0.3 is 5.97 Å². The zero-order valence-corrected chi connectivity index (χ0v) is 11.1. The summed E-state index contributed by atoms with van der Waals surface area (Å²) in [5, 5.41) is 30.4. The van der Waals surface area contributed by atoms with Gasteiger partial charge in [-0.25, -0.2) is 4.79 Å². The molecule has 0 aliphatic carbocycles. The molecule has 3 N–H and O–H groups in total. The van der Waals surface area contributed by atoms with Crippen LogP contribution >= 0.6 is 0 Å². The van der Waals surface area contributed by atoms with Gasteiger partial charge in [-0.2, -0.15) is 0 Å². The van der Waals surface area contributed by atoms with Crippen molar-refractivity contribution in [1.82, 2.24) is 0 Å². The van der Waals surface area contributed by atoms with Crippen LogP contribution in [0.15, 0.2) is 24.3 Å². The third-order valence-corrected chi connectivity index (χ3v) is 3.13. The van der Waals surface area contributed by atoms with Gasteiger partial charge in [0.15, 0.2) is 11.5 Å². The van der Waals surface area contributed by atoms with Gasteiger partial charge in [0.25, 0.3) is 0 Å². The summed E-state index contributed by atoms with van der Waals surface area (Å²) in [6.07, 6.45) is 0. The van der Waals surface area contributed by atoms with Crippen LogP contribution in [0.4, 0.5) is 0 Å². The maximum absolute atomic E-state index is 11.4. The Morgan fingerprint density at radius 3 is 2.00 bits per heavy atom. The quantitative estimate of drug-likeness (QED) is 0.688. The predicted octanol–water partition coefficient (Wildman–Crippen LogP) is 3.25. The number of benzene rings is 2. The van der Waals surface area contributed by atoms with Crippen LogP contribution in [-0.2, 0) is 5.41 Å². The molecular formula is C15H16O4. The molecule has 2 aromatic carbocycles. The number of hydrogen-bond donors (Lipinski definition) is 3. The Kier molecular flexibility index (Phi) is 2.89. The summed E-state index contributed by atoms with van der Waals surface area (Å²) in [6.45, 7) is 5.62. The fourth-order valence-corrected chi connectivity index (χ4v) is 2.39. The molecule has 0 atom stereocenters. The lowest BCUT2D eigenvalue weighted by molar-refractivity contribution is 0.0690. The molecule has 0 amide bonds. The largest absolute Gasteiger partial charge is 0.504 e. The summed E-state index contributed by atoms with van der Waals surface area (Å²) in [5.41, 5.74) is -0.187. The summed E-state index contributed by atoms with van der Waals surface area (Å²) in [6, 6.07) is 6.92. The molecule has 2 rings (SSSR count). The fourth-order valence-electron chi connectivity index (χ4n) is 2.39. The van der Waals surface area contributed by atoms with Crippen LogP contribution in [0.1, 0.15) is 36.7 Å². The molecule has 0 spiro atoms. The topological polar surface area (TPSA) is 77.8 Å². The van der Waals surface area contributed by atoms with Gasteiger partial charge in [-0.05, 0) is 16.4 Å². The fraction of sp³-hybridized carbons (Fsp3) is 0.267. The van der Waals surface area contributed by atoms with E-state index in [1.54, 1.807) is 24.3 Å². The Morgan fingerprint density at radius 1 is 1.00 bits per heavy atom. The monoisotopic (exact) mass is 260 g/mol. The second-order valence-electron chi connectivity index (χ2n) is 5.55. The second-order valence-corrected chi connectivity index (χ2v) is 5.55. The van der Waals surface area contributed by atoms with Gasteiger partial charge in [0.2, 0.25) is 0 Å². The van der Waals surface area contributed by atoms with Crippen LogP contribution in [0.5, 0.6) is 11.5 Å². The molecule has 0 unspecified atom stereocenters. The Morgan fingerprint density at radius 2 is 1.53 bits per heavy atom. The predicted molar refractivity (Wildman–Crippen MR) is 72.9 cm³/mol. The molecule has 19 heavy (non-hydrogen) atoms. The van der Waals surface area contributed by atoms with Gasteiger partial charge in [-0.1, -0.05) is 45.0 Å². The lowest BCUT2D eigenvalue weighted by Crippen LogP contribution is -2.18. The second kappa shape index (κ2) is 4.16. The van der Waals surface area contributed by atoms with E-state index in [0.29, 0.717) is 16.3 Å². The average molecular weight is 260 g/mol. The van der Waals surface area contributed by atoms with Crippen LogP contribution < -0.4 is 0 Å². The van der Waals surface area contributed by atoms with Crippen LogP contribution in [0.3, 0.4) is 0 Å².